The van der Waals surface area contributed by atoms with Gasteiger partial charge in [0.05, 0.1) is 19.2 Å². The van der Waals surface area contributed by atoms with Gasteiger partial charge in [-0.05, 0) is 17.9 Å². The highest BCUT2D eigenvalue weighted by molar-refractivity contribution is 7.13. The Morgan fingerprint density at radius 2 is 2.24 bits per heavy atom. The van der Waals surface area contributed by atoms with Crippen LogP contribution in [0, 0.1) is 0 Å². The zero-order chi connectivity index (χ0) is 15.1. The molecule has 0 aliphatic rings. The first kappa shape index (κ1) is 15.5. The van der Waals surface area contributed by atoms with Gasteiger partial charge in [-0.2, -0.15) is 0 Å². The van der Waals surface area contributed by atoms with Gasteiger partial charge in [0.2, 0.25) is 5.91 Å². The van der Waals surface area contributed by atoms with E-state index >= 15 is 0 Å². The number of amides is 2. The average Bonchev–Trinajstić information content (AvgIpc) is 3.11. The summed E-state index contributed by atoms with van der Waals surface area (Å²) in [5.74, 6) is -0.0820. The quantitative estimate of drug-likeness (QED) is 0.854. The molecule has 2 rings (SSSR count). The third kappa shape index (κ3) is 5.16. The minimum absolute atomic E-state index is 0.0820. The van der Waals surface area contributed by atoms with Gasteiger partial charge in [-0.25, -0.2) is 9.78 Å². The van der Waals surface area contributed by atoms with Gasteiger partial charge in [-0.3, -0.25) is 10.1 Å². The van der Waals surface area contributed by atoms with Crippen molar-refractivity contribution in [2.24, 2.45) is 0 Å². The number of hydrogen-bond acceptors (Lipinski definition) is 6. The number of carbonyl (C=O) groups is 2. The predicted octanol–water partition coefficient (Wildman–Crippen LogP) is 2.28. The van der Waals surface area contributed by atoms with Crippen molar-refractivity contribution in [1.82, 2.24) is 10.3 Å². The molecule has 2 aromatic rings. The summed E-state index contributed by atoms with van der Waals surface area (Å²) < 4.78 is 4.47. The fourth-order valence-electron chi connectivity index (χ4n) is 1.59. The van der Waals surface area contributed by atoms with Gasteiger partial charge in [0.25, 0.3) is 0 Å². The van der Waals surface area contributed by atoms with Crippen LogP contribution < -0.4 is 10.6 Å². The van der Waals surface area contributed by atoms with Gasteiger partial charge in [0.1, 0.15) is 0 Å². The van der Waals surface area contributed by atoms with Crippen LogP contribution in [0.25, 0.3) is 0 Å². The molecule has 2 heterocycles. The zero-order valence-electron chi connectivity index (χ0n) is 11.4. The van der Waals surface area contributed by atoms with Crippen molar-refractivity contribution in [3.63, 3.8) is 0 Å². The molecule has 2 aromatic heterocycles. The van der Waals surface area contributed by atoms with E-state index in [-0.39, 0.29) is 12.3 Å². The van der Waals surface area contributed by atoms with Crippen LogP contribution in [0.1, 0.15) is 10.6 Å². The van der Waals surface area contributed by atoms with Crippen LogP contribution in [0.3, 0.4) is 0 Å². The highest BCUT2D eigenvalue weighted by Gasteiger charge is 2.09. The number of aromatic nitrogens is 1. The Morgan fingerprint density at radius 1 is 1.38 bits per heavy atom. The third-order valence-corrected chi connectivity index (χ3v) is 4.30. The Kier molecular flexibility index (Phi) is 5.70. The Hall–Kier alpha value is -1.93. The summed E-state index contributed by atoms with van der Waals surface area (Å²) in [4.78, 5) is 28.2. The van der Waals surface area contributed by atoms with Gasteiger partial charge < -0.3 is 10.1 Å². The van der Waals surface area contributed by atoms with Gasteiger partial charge in [-0.15, -0.1) is 22.7 Å². The molecule has 21 heavy (non-hydrogen) atoms. The summed E-state index contributed by atoms with van der Waals surface area (Å²) in [6, 6.07) is 4.04. The molecule has 0 saturated carbocycles. The van der Waals surface area contributed by atoms with E-state index in [1.807, 2.05) is 17.5 Å². The molecule has 0 unspecified atom stereocenters. The van der Waals surface area contributed by atoms with Crippen LogP contribution in [0.5, 0.6) is 0 Å². The van der Waals surface area contributed by atoms with Crippen LogP contribution >= 0.6 is 22.7 Å². The molecule has 0 aliphatic carbocycles. The number of nitrogens with one attached hydrogen (secondary N) is 2. The second-order valence-corrected chi connectivity index (χ2v) is 6.01. The normalized spacial score (nSPS) is 10.1. The molecule has 2 N–H and O–H groups in total. The predicted molar refractivity (Wildman–Crippen MR) is 82.9 cm³/mol. The Labute approximate surface area is 130 Å². The topological polar surface area (TPSA) is 80.3 Å². The smallest absolute Gasteiger partial charge is 0.413 e. The molecule has 0 aliphatic heterocycles. The zero-order valence-corrected chi connectivity index (χ0v) is 13.1. The Bertz CT molecular complexity index is 596. The van der Waals surface area contributed by atoms with Gasteiger partial charge in [-0.1, -0.05) is 6.07 Å². The first-order valence-electron chi connectivity index (χ1n) is 6.26. The molecule has 0 radical (unpaired) electrons. The van der Waals surface area contributed by atoms with E-state index in [1.165, 1.54) is 23.3 Å². The Morgan fingerprint density at radius 3 is 2.95 bits per heavy atom. The maximum Gasteiger partial charge on any atom is 0.413 e. The largest absolute Gasteiger partial charge is 0.453 e. The van der Waals surface area contributed by atoms with Crippen molar-refractivity contribution in [3.05, 3.63) is 33.5 Å². The van der Waals surface area contributed by atoms with Crippen molar-refractivity contribution in [2.45, 2.75) is 12.8 Å². The molecular weight excluding hydrogens is 310 g/mol. The fraction of sp³-hybridized carbons (Fsp3) is 0.308. The molecule has 0 saturated heterocycles. The van der Waals surface area contributed by atoms with Crippen molar-refractivity contribution in [1.29, 1.82) is 0 Å². The summed E-state index contributed by atoms with van der Waals surface area (Å²) >= 11 is 2.93. The maximum atomic E-state index is 11.8. The molecular formula is C13H15N3O3S2. The lowest BCUT2D eigenvalue weighted by Gasteiger charge is -2.02. The van der Waals surface area contributed by atoms with E-state index in [9.17, 15) is 9.59 Å². The standard InChI is InChI=1S/C13H15N3O3S2/c1-19-13(18)16-12-15-9(8-21-12)7-11(17)14-5-4-10-3-2-6-20-10/h2-3,6,8H,4-5,7H2,1H3,(H,14,17)(H,15,16,18). The molecule has 0 bridgehead atoms. The first-order valence-corrected chi connectivity index (χ1v) is 8.02. The fourth-order valence-corrected chi connectivity index (χ4v) is 3.00. The highest BCUT2D eigenvalue weighted by atomic mass is 32.1. The number of ether oxygens (including phenoxy) is 1. The molecule has 112 valence electrons. The van der Waals surface area contributed by atoms with Crippen molar-refractivity contribution in [3.8, 4) is 0 Å². The molecule has 0 aromatic carbocycles. The van der Waals surface area contributed by atoms with Gasteiger partial charge in [0.15, 0.2) is 5.13 Å². The number of nitrogens with zero attached hydrogens (tertiary/aromatic N) is 1. The number of carbonyl (C=O) groups excluding carboxylic acids is 2. The molecule has 2 amide bonds. The van der Waals surface area contributed by atoms with Crippen LogP contribution in [0.15, 0.2) is 22.9 Å². The summed E-state index contributed by atoms with van der Waals surface area (Å²) in [6.07, 6.45) is 0.454. The van der Waals surface area contributed by atoms with E-state index < -0.39 is 6.09 Å². The Balaban J connectivity index is 1.73. The van der Waals surface area contributed by atoms with E-state index in [1.54, 1.807) is 16.7 Å². The minimum Gasteiger partial charge on any atom is -0.453 e. The average molecular weight is 325 g/mol. The highest BCUT2D eigenvalue weighted by Crippen LogP contribution is 2.16. The number of hydrogen-bond donors (Lipinski definition) is 2. The van der Waals surface area contributed by atoms with Crippen LogP contribution in [0.2, 0.25) is 0 Å². The third-order valence-electron chi connectivity index (χ3n) is 2.56. The van der Waals surface area contributed by atoms with E-state index in [0.717, 1.165) is 6.42 Å². The van der Waals surface area contributed by atoms with E-state index in [4.69, 9.17) is 0 Å². The summed E-state index contributed by atoms with van der Waals surface area (Å²) in [7, 11) is 1.28. The summed E-state index contributed by atoms with van der Waals surface area (Å²) in [5.41, 5.74) is 0.625. The number of thiophene rings is 1. The lowest BCUT2D eigenvalue weighted by atomic mass is 10.3. The minimum atomic E-state index is -0.573. The second-order valence-electron chi connectivity index (χ2n) is 4.12. The monoisotopic (exact) mass is 325 g/mol. The lowest BCUT2D eigenvalue weighted by Crippen LogP contribution is -2.27. The van der Waals surface area contributed by atoms with Crippen molar-refractivity contribution >= 4 is 39.8 Å². The maximum absolute atomic E-state index is 11.8. The summed E-state index contributed by atoms with van der Waals surface area (Å²) in [6.45, 7) is 0.608. The van der Waals surface area contributed by atoms with Crippen LogP contribution in [-0.4, -0.2) is 30.6 Å². The molecule has 0 spiro atoms. The number of rotatable bonds is 6. The van der Waals surface area contributed by atoms with Gasteiger partial charge >= 0.3 is 6.09 Å². The van der Waals surface area contributed by atoms with Gasteiger partial charge in [0, 0.05) is 16.8 Å². The molecule has 0 atom stereocenters. The van der Waals surface area contributed by atoms with Crippen molar-refractivity contribution < 1.29 is 14.3 Å². The molecule has 8 heteroatoms. The lowest BCUT2D eigenvalue weighted by molar-refractivity contribution is -0.120. The van der Waals surface area contributed by atoms with E-state index in [2.05, 4.69) is 20.4 Å². The number of thiazole rings is 1. The SMILES string of the molecule is COC(=O)Nc1nc(CC(=O)NCCc2cccs2)cs1. The molecule has 0 fully saturated rings. The van der Waals surface area contributed by atoms with Crippen molar-refractivity contribution in [2.75, 3.05) is 19.0 Å². The summed E-state index contributed by atoms with van der Waals surface area (Å²) in [5, 5.41) is 9.49. The number of anilines is 1. The van der Waals surface area contributed by atoms with Crippen LogP contribution in [-0.2, 0) is 22.4 Å². The molecule has 6 nitrogen and oxygen atoms in total. The van der Waals surface area contributed by atoms with E-state index in [0.29, 0.717) is 17.4 Å². The second kappa shape index (κ2) is 7.75. The number of methoxy groups -OCH3 is 1. The van der Waals surface area contributed by atoms with Crippen LogP contribution in [0.4, 0.5) is 9.93 Å². The first-order chi connectivity index (χ1) is 10.2.